The zero-order valence-electron chi connectivity index (χ0n) is 11.3. The smallest absolute Gasteiger partial charge is 0.328 e. The molecule has 0 spiro atoms. The summed E-state index contributed by atoms with van der Waals surface area (Å²) in [5.41, 5.74) is 1.26. The SMILES string of the molecule is CC1CN(C(=O)c2cccc(C=CC(=O)O)c2)CCO1. The van der Waals surface area contributed by atoms with E-state index in [1.165, 1.54) is 6.08 Å². The molecule has 0 aromatic heterocycles. The number of hydrogen-bond donors (Lipinski definition) is 1. The Bertz CT molecular complexity index is 538. The molecule has 5 nitrogen and oxygen atoms in total. The first-order chi connectivity index (χ1) is 9.56. The van der Waals surface area contributed by atoms with Gasteiger partial charge in [-0.2, -0.15) is 0 Å². The lowest BCUT2D eigenvalue weighted by Gasteiger charge is -2.31. The van der Waals surface area contributed by atoms with Gasteiger partial charge < -0.3 is 14.7 Å². The summed E-state index contributed by atoms with van der Waals surface area (Å²) in [5.74, 6) is -1.06. The minimum Gasteiger partial charge on any atom is -0.478 e. The van der Waals surface area contributed by atoms with E-state index in [9.17, 15) is 9.59 Å². The highest BCUT2D eigenvalue weighted by atomic mass is 16.5. The minimum atomic E-state index is -1.01. The van der Waals surface area contributed by atoms with Gasteiger partial charge in [-0.15, -0.1) is 0 Å². The molecule has 0 radical (unpaired) electrons. The van der Waals surface area contributed by atoms with Crippen LogP contribution in [0.3, 0.4) is 0 Å². The maximum atomic E-state index is 12.4. The first-order valence-corrected chi connectivity index (χ1v) is 6.48. The summed E-state index contributed by atoms with van der Waals surface area (Å²) in [7, 11) is 0. The van der Waals surface area contributed by atoms with E-state index in [-0.39, 0.29) is 12.0 Å². The Balaban J connectivity index is 2.13. The van der Waals surface area contributed by atoms with Gasteiger partial charge in [-0.25, -0.2) is 4.79 Å². The first-order valence-electron chi connectivity index (χ1n) is 6.48. The third-order valence-corrected chi connectivity index (χ3v) is 3.08. The van der Waals surface area contributed by atoms with Gasteiger partial charge in [0.05, 0.1) is 12.7 Å². The van der Waals surface area contributed by atoms with Crippen molar-refractivity contribution in [2.75, 3.05) is 19.7 Å². The van der Waals surface area contributed by atoms with Gasteiger partial charge in [0.1, 0.15) is 0 Å². The van der Waals surface area contributed by atoms with E-state index in [0.29, 0.717) is 30.8 Å². The zero-order chi connectivity index (χ0) is 14.5. The van der Waals surface area contributed by atoms with Crippen LogP contribution in [0.5, 0.6) is 0 Å². The number of carbonyl (C=O) groups is 2. The van der Waals surface area contributed by atoms with Crippen LogP contribution >= 0.6 is 0 Å². The normalized spacial score (nSPS) is 19.2. The number of aliphatic carboxylic acids is 1. The van der Waals surface area contributed by atoms with Crippen molar-refractivity contribution in [2.24, 2.45) is 0 Å². The van der Waals surface area contributed by atoms with E-state index < -0.39 is 5.97 Å². The summed E-state index contributed by atoms with van der Waals surface area (Å²) in [4.78, 5) is 24.6. The number of carboxylic acid groups (broad SMARTS) is 1. The number of carboxylic acids is 1. The van der Waals surface area contributed by atoms with Crippen LogP contribution in [0.4, 0.5) is 0 Å². The molecule has 1 aliphatic heterocycles. The fraction of sp³-hybridized carbons (Fsp3) is 0.333. The van der Waals surface area contributed by atoms with E-state index in [1.54, 1.807) is 29.2 Å². The number of morpholine rings is 1. The highest BCUT2D eigenvalue weighted by Gasteiger charge is 2.22. The maximum Gasteiger partial charge on any atom is 0.328 e. The monoisotopic (exact) mass is 275 g/mol. The van der Waals surface area contributed by atoms with E-state index in [2.05, 4.69) is 0 Å². The summed E-state index contributed by atoms with van der Waals surface area (Å²) >= 11 is 0. The van der Waals surface area contributed by atoms with Crippen molar-refractivity contribution in [3.8, 4) is 0 Å². The molecule has 1 aromatic carbocycles. The van der Waals surface area contributed by atoms with Gasteiger partial charge in [0.2, 0.25) is 0 Å². The van der Waals surface area contributed by atoms with Crippen LogP contribution < -0.4 is 0 Å². The van der Waals surface area contributed by atoms with Crippen molar-refractivity contribution in [1.29, 1.82) is 0 Å². The predicted octanol–water partition coefficient (Wildman–Crippen LogP) is 1.65. The second-order valence-electron chi connectivity index (χ2n) is 4.73. The van der Waals surface area contributed by atoms with Gasteiger partial charge in [-0.3, -0.25) is 4.79 Å². The Hall–Kier alpha value is -2.14. The minimum absolute atomic E-state index is 0.0442. The highest BCUT2D eigenvalue weighted by molar-refractivity contribution is 5.95. The van der Waals surface area contributed by atoms with Crippen LogP contribution in [-0.4, -0.2) is 47.7 Å². The van der Waals surface area contributed by atoms with Crippen molar-refractivity contribution >= 4 is 18.0 Å². The van der Waals surface area contributed by atoms with Crippen LogP contribution in [0.15, 0.2) is 30.3 Å². The number of carbonyl (C=O) groups excluding carboxylic acids is 1. The van der Waals surface area contributed by atoms with E-state index in [0.717, 1.165) is 6.08 Å². The van der Waals surface area contributed by atoms with Crippen molar-refractivity contribution in [3.63, 3.8) is 0 Å². The third-order valence-electron chi connectivity index (χ3n) is 3.08. The summed E-state index contributed by atoms with van der Waals surface area (Å²) < 4.78 is 5.41. The number of ether oxygens (including phenoxy) is 1. The van der Waals surface area contributed by atoms with Crippen molar-refractivity contribution in [2.45, 2.75) is 13.0 Å². The lowest BCUT2D eigenvalue weighted by molar-refractivity contribution is -0.131. The maximum absolute atomic E-state index is 12.4. The molecule has 1 aliphatic rings. The molecule has 20 heavy (non-hydrogen) atoms. The number of nitrogens with zero attached hydrogens (tertiary/aromatic N) is 1. The molecule has 5 heteroatoms. The fourth-order valence-electron chi connectivity index (χ4n) is 2.13. The van der Waals surface area contributed by atoms with E-state index >= 15 is 0 Å². The van der Waals surface area contributed by atoms with Crippen LogP contribution in [-0.2, 0) is 9.53 Å². The third kappa shape index (κ3) is 3.68. The number of benzene rings is 1. The van der Waals surface area contributed by atoms with E-state index in [1.807, 2.05) is 6.92 Å². The molecule has 0 bridgehead atoms. The molecule has 0 saturated carbocycles. The van der Waals surface area contributed by atoms with Crippen LogP contribution in [0, 0.1) is 0 Å². The number of amides is 1. The molecule has 1 saturated heterocycles. The quantitative estimate of drug-likeness (QED) is 0.852. The average Bonchev–Trinajstić information content (AvgIpc) is 2.44. The zero-order valence-corrected chi connectivity index (χ0v) is 11.3. The standard InChI is InChI=1S/C15H17NO4/c1-11-10-16(7-8-20-11)15(19)13-4-2-3-12(9-13)5-6-14(17)18/h2-6,9,11H,7-8,10H2,1H3,(H,17,18). The second kappa shape index (κ2) is 6.34. The molecule has 2 rings (SSSR count). The summed E-state index contributed by atoms with van der Waals surface area (Å²) in [5, 5.41) is 8.61. The van der Waals surface area contributed by atoms with Crippen LogP contribution in [0.25, 0.3) is 6.08 Å². The largest absolute Gasteiger partial charge is 0.478 e. The van der Waals surface area contributed by atoms with Crippen LogP contribution in [0.1, 0.15) is 22.8 Å². The summed E-state index contributed by atoms with van der Waals surface area (Å²) in [6.45, 7) is 3.64. The molecule has 1 heterocycles. The first kappa shape index (κ1) is 14.3. The molecule has 1 amide bonds. The Morgan fingerprint density at radius 2 is 2.25 bits per heavy atom. The Labute approximate surface area is 117 Å². The molecule has 1 aromatic rings. The molecule has 1 fully saturated rings. The van der Waals surface area contributed by atoms with Gasteiger partial charge in [-0.05, 0) is 30.7 Å². The molecule has 0 aliphatic carbocycles. The molecule has 1 unspecified atom stereocenters. The average molecular weight is 275 g/mol. The van der Waals surface area contributed by atoms with Gasteiger partial charge >= 0.3 is 5.97 Å². The van der Waals surface area contributed by atoms with Gasteiger partial charge in [0, 0.05) is 24.7 Å². The van der Waals surface area contributed by atoms with Gasteiger partial charge in [0.15, 0.2) is 0 Å². The molecular weight excluding hydrogens is 258 g/mol. The van der Waals surface area contributed by atoms with Gasteiger partial charge in [-0.1, -0.05) is 12.1 Å². The Morgan fingerprint density at radius 3 is 2.95 bits per heavy atom. The Morgan fingerprint density at radius 1 is 1.45 bits per heavy atom. The topological polar surface area (TPSA) is 66.8 Å². The van der Waals surface area contributed by atoms with Crippen LogP contribution in [0.2, 0.25) is 0 Å². The van der Waals surface area contributed by atoms with Crippen molar-refractivity contribution in [3.05, 3.63) is 41.5 Å². The molecule has 1 atom stereocenters. The van der Waals surface area contributed by atoms with E-state index in [4.69, 9.17) is 9.84 Å². The highest BCUT2D eigenvalue weighted by Crippen LogP contribution is 2.13. The van der Waals surface area contributed by atoms with Crippen molar-refractivity contribution < 1.29 is 19.4 Å². The predicted molar refractivity (Wildman–Crippen MR) is 74.4 cm³/mol. The fourth-order valence-corrected chi connectivity index (χ4v) is 2.13. The second-order valence-corrected chi connectivity index (χ2v) is 4.73. The molecular formula is C15H17NO4. The molecule has 1 N–H and O–H groups in total. The Kier molecular flexibility index (Phi) is 4.53. The lowest BCUT2D eigenvalue weighted by atomic mass is 10.1. The van der Waals surface area contributed by atoms with Gasteiger partial charge in [0.25, 0.3) is 5.91 Å². The van der Waals surface area contributed by atoms with Crippen molar-refractivity contribution in [1.82, 2.24) is 4.90 Å². The summed E-state index contributed by atoms with van der Waals surface area (Å²) in [6, 6.07) is 6.94. The number of hydrogen-bond acceptors (Lipinski definition) is 3. The molecule has 106 valence electrons. The lowest BCUT2D eigenvalue weighted by Crippen LogP contribution is -2.44. The number of rotatable bonds is 3. The summed E-state index contributed by atoms with van der Waals surface area (Å²) in [6.07, 6.45) is 2.57.